The number of benzene rings is 1. The van der Waals surface area contributed by atoms with Gasteiger partial charge in [0.25, 0.3) is 5.91 Å². The average Bonchev–Trinajstić information content (AvgIpc) is 2.86. The molecule has 0 spiro atoms. The van der Waals surface area contributed by atoms with Crippen molar-refractivity contribution in [2.75, 3.05) is 14.1 Å². The molecule has 5 nitrogen and oxygen atoms in total. The van der Waals surface area contributed by atoms with E-state index in [0.717, 1.165) is 0 Å². The maximum Gasteiger partial charge on any atom is 0.273 e. The van der Waals surface area contributed by atoms with E-state index in [1.165, 1.54) is 27.8 Å². The zero-order chi connectivity index (χ0) is 14.9. The summed E-state index contributed by atoms with van der Waals surface area (Å²) in [6.45, 7) is 1.55. The molecule has 1 N–H and O–H groups in total. The molecular formula is C14H16FN3O2. The molecule has 20 heavy (non-hydrogen) atoms. The molecule has 1 atom stereocenters. The highest BCUT2D eigenvalue weighted by Gasteiger charge is 2.15. The van der Waals surface area contributed by atoms with Gasteiger partial charge in [-0.25, -0.2) is 9.07 Å². The number of halogens is 1. The van der Waals surface area contributed by atoms with Gasteiger partial charge in [0.15, 0.2) is 5.69 Å². The summed E-state index contributed by atoms with van der Waals surface area (Å²) in [5.74, 6) is -0.647. The number of hydrogen-bond donors (Lipinski definition) is 1. The lowest BCUT2D eigenvalue weighted by Gasteiger charge is -2.12. The highest BCUT2D eigenvalue weighted by molar-refractivity contribution is 5.91. The fourth-order valence-corrected chi connectivity index (χ4v) is 1.87. The topological polar surface area (TPSA) is 58.4 Å². The van der Waals surface area contributed by atoms with E-state index in [1.54, 1.807) is 33.3 Å². The highest BCUT2D eigenvalue weighted by atomic mass is 19.1. The third kappa shape index (κ3) is 2.70. The summed E-state index contributed by atoms with van der Waals surface area (Å²) in [6, 6.07) is 5.65. The first kappa shape index (κ1) is 14.2. The van der Waals surface area contributed by atoms with E-state index >= 15 is 0 Å². The summed E-state index contributed by atoms with van der Waals surface area (Å²) in [5, 5.41) is 13.9. The first-order chi connectivity index (χ1) is 9.40. The minimum Gasteiger partial charge on any atom is -0.389 e. The zero-order valence-electron chi connectivity index (χ0n) is 11.5. The molecule has 0 aliphatic rings. The van der Waals surface area contributed by atoms with Crippen LogP contribution in [0.1, 0.15) is 29.1 Å². The first-order valence-electron chi connectivity index (χ1n) is 6.15. The number of aliphatic hydroxyl groups excluding tert-OH is 1. The van der Waals surface area contributed by atoms with Crippen molar-refractivity contribution in [2.45, 2.75) is 13.0 Å². The summed E-state index contributed by atoms with van der Waals surface area (Å²) in [7, 11) is 3.28. The Balaban J connectivity index is 2.45. The Hall–Kier alpha value is -2.21. The molecule has 6 heteroatoms. The Morgan fingerprint density at radius 2 is 2.10 bits per heavy atom. The van der Waals surface area contributed by atoms with Crippen LogP contribution < -0.4 is 0 Å². The number of amides is 1. The van der Waals surface area contributed by atoms with E-state index in [0.29, 0.717) is 11.3 Å². The largest absolute Gasteiger partial charge is 0.389 e. The molecule has 0 fully saturated rings. The minimum absolute atomic E-state index is 0.218. The van der Waals surface area contributed by atoms with Gasteiger partial charge in [-0.15, -0.1) is 0 Å². The molecule has 1 aromatic heterocycles. The van der Waals surface area contributed by atoms with Gasteiger partial charge in [0.2, 0.25) is 0 Å². The molecule has 0 radical (unpaired) electrons. The van der Waals surface area contributed by atoms with E-state index in [4.69, 9.17) is 0 Å². The highest BCUT2D eigenvalue weighted by Crippen LogP contribution is 2.22. The van der Waals surface area contributed by atoms with Gasteiger partial charge in [-0.2, -0.15) is 5.10 Å². The molecule has 1 heterocycles. The normalized spacial score (nSPS) is 12.2. The fraction of sp³-hybridized carbons (Fsp3) is 0.286. The van der Waals surface area contributed by atoms with Crippen LogP contribution in [0, 0.1) is 5.82 Å². The molecule has 0 saturated heterocycles. The van der Waals surface area contributed by atoms with Crippen LogP contribution in [0.2, 0.25) is 0 Å². The fourth-order valence-electron chi connectivity index (χ4n) is 1.87. The second-order valence-electron chi connectivity index (χ2n) is 4.72. The van der Waals surface area contributed by atoms with E-state index in [2.05, 4.69) is 5.10 Å². The van der Waals surface area contributed by atoms with E-state index in [-0.39, 0.29) is 11.6 Å². The lowest BCUT2D eigenvalue weighted by molar-refractivity contribution is 0.0821. The smallest absolute Gasteiger partial charge is 0.273 e. The van der Waals surface area contributed by atoms with Gasteiger partial charge < -0.3 is 10.0 Å². The second kappa shape index (κ2) is 5.42. The number of carbonyl (C=O) groups excluding carboxylic acids is 1. The molecular weight excluding hydrogens is 261 g/mol. The van der Waals surface area contributed by atoms with Gasteiger partial charge in [0, 0.05) is 25.9 Å². The van der Waals surface area contributed by atoms with E-state index in [9.17, 15) is 14.3 Å². The summed E-state index contributed by atoms with van der Waals surface area (Å²) < 4.78 is 14.7. The van der Waals surface area contributed by atoms with Crippen molar-refractivity contribution in [3.63, 3.8) is 0 Å². The summed E-state index contributed by atoms with van der Waals surface area (Å²) in [5.41, 5.74) is 1.24. The molecule has 106 valence electrons. The Bertz CT molecular complexity index is 635. The van der Waals surface area contributed by atoms with E-state index in [1.807, 2.05) is 0 Å². The Kier molecular flexibility index (Phi) is 3.85. The van der Waals surface area contributed by atoms with Crippen molar-refractivity contribution in [1.29, 1.82) is 0 Å². The molecule has 0 aliphatic carbocycles. The minimum atomic E-state index is -0.835. The van der Waals surface area contributed by atoms with Crippen LogP contribution in [0.3, 0.4) is 0 Å². The number of nitrogens with zero attached hydrogens (tertiary/aromatic N) is 3. The van der Waals surface area contributed by atoms with Crippen LogP contribution in [0.4, 0.5) is 4.39 Å². The number of aliphatic hydroxyl groups is 1. The van der Waals surface area contributed by atoms with Gasteiger partial charge in [-0.1, -0.05) is 0 Å². The van der Waals surface area contributed by atoms with Crippen LogP contribution in [0.5, 0.6) is 0 Å². The molecule has 0 aliphatic heterocycles. The lowest BCUT2D eigenvalue weighted by atomic mass is 10.1. The third-order valence-corrected chi connectivity index (χ3v) is 2.90. The molecule has 0 saturated carbocycles. The van der Waals surface area contributed by atoms with Crippen LogP contribution >= 0.6 is 0 Å². The summed E-state index contributed by atoms with van der Waals surface area (Å²) in [4.78, 5) is 13.2. The van der Waals surface area contributed by atoms with E-state index < -0.39 is 11.9 Å². The molecule has 1 aromatic carbocycles. The average molecular weight is 277 g/mol. The Morgan fingerprint density at radius 3 is 2.70 bits per heavy atom. The van der Waals surface area contributed by atoms with Crippen LogP contribution in [0.15, 0.2) is 30.5 Å². The van der Waals surface area contributed by atoms with Crippen molar-refractivity contribution in [1.82, 2.24) is 14.7 Å². The Morgan fingerprint density at radius 1 is 1.40 bits per heavy atom. The van der Waals surface area contributed by atoms with Crippen molar-refractivity contribution >= 4 is 5.91 Å². The van der Waals surface area contributed by atoms with Gasteiger partial charge in [-0.05, 0) is 31.2 Å². The van der Waals surface area contributed by atoms with Crippen molar-refractivity contribution in [2.24, 2.45) is 0 Å². The first-order valence-corrected chi connectivity index (χ1v) is 6.15. The summed E-state index contributed by atoms with van der Waals surface area (Å²) in [6.07, 6.45) is 0.772. The molecule has 2 rings (SSSR count). The van der Waals surface area contributed by atoms with Gasteiger partial charge in [0.1, 0.15) is 5.82 Å². The van der Waals surface area contributed by atoms with Crippen molar-refractivity contribution < 1.29 is 14.3 Å². The quantitative estimate of drug-likeness (QED) is 0.930. The summed E-state index contributed by atoms with van der Waals surface area (Å²) >= 11 is 0. The van der Waals surface area contributed by atoms with Gasteiger partial charge in [0.05, 0.1) is 11.8 Å². The Labute approximate surface area is 116 Å². The molecule has 2 aromatic rings. The molecule has 0 bridgehead atoms. The number of aromatic nitrogens is 2. The predicted octanol–water partition coefficient (Wildman–Crippen LogP) is 1.77. The second-order valence-corrected chi connectivity index (χ2v) is 4.72. The van der Waals surface area contributed by atoms with Gasteiger partial charge in [-0.3, -0.25) is 4.79 Å². The van der Waals surface area contributed by atoms with Crippen molar-refractivity contribution in [3.05, 3.63) is 47.5 Å². The maximum atomic E-state index is 13.3. The van der Waals surface area contributed by atoms with Crippen LogP contribution in [0.25, 0.3) is 5.69 Å². The van der Waals surface area contributed by atoms with Crippen LogP contribution in [-0.4, -0.2) is 39.8 Å². The number of rotatable bonds is 3. The predicted molar refractivity (Wildman–Crippen MR) is 72.2 cm³/mol. The number of hydrogen-bond acceptors (Lipinski definition) is 3. The van der Waals surface area contributed by atoms with Crippen LogP contribution in [-0.2, 0) is 0 Å². The van der Waals surface area contributed by atoms with Gasteiger partial charge >= 0.3 is 0 Å². The monoisotopic (exact) mass is 277 g/mol. The third-order valence-electron chi connectivity index (χ3n) is 2.90. The standard InChI is InChI=1S/C14H16FN3O2/c1-9(19)11-8-10(15)4-5-13(11)18-7-6-12(16-18)14(20)17(2)3/h4-9,19H,1-3H3. The zero-order valence-corrected chi connectivity index (χ0v) is 11.5. The van der Waals surface area contributed by atoms with Crippen molar-refractivity contribution in [3.8, 4) is 5.69 Å². The maximum absolute atomic E-state index is 13.3. The molecule has 1 amide bonds. The SMILES string of the molecule is CC(O)c1cc(F)ccc1-n1ccc(C(=O)N(C)C)n1. The molecule has 1 unspecified atom stereocenters. The lowest BCUT2D eigenvalue weighted by Crippen LogP contribution is -2.22. The number of carbonyl (C=O) groups is 1.